The Morgan fingerprint density at radius 1 is 1.00 bits per heavy atom. The van der Waals surface area contributed by atoms with Crippen molar-refractivity contribution in [3.8, 4) is 0 Å². The minimum absolute atomic E-state index is 0.000139. The van der Waals surface area contributed by atoms with Crippen LogP contribution >= 0.6 is 0 Å². The number of hydrogen-bond donors (Lipinski definition) is 0. The molecule has 0 heterocycles. The topological polar surface area (TPSA) is 43.4 Å². The van der Waals surface area contributed by atoms with Crippen LogP contribution < -0.4 is 0 Å². The second-order valence-corrected chi connectivity index (χ2v) is 5.59. The SMILES string of the molecule is COCC(C)(C)C(=O)CC(=O)C(C)(C)C. The number of ketones is 2. The molecule has 0 fully saturated rings. The third kappa shape index (κ3) is 4.56. The van der Waals surface area contributed by atoms with E-state index in [0.717, 1.165) is 0 Å². The fourth-order valence-electron chi connectivity index (χ4n) is 1.09. The van der Waals surface area contributed by atoms with E-state index in [1.807, 2.05) is 20.8 Å². The molecule has 0 bridgehead atoms. The summed E-state index contributed by atoms with van der Waals surface area (Å²) in [5.41, 5.74) is -1.02. The standard InChI is InChI=1S/C12H22O3/c1-11(2,3)9(13)7-10(14)12(4,5)8-15-6/h7-8H2,1-6H3. The molecule has 0 aliphatic heterocycles. The lowest BCUT2D eigenvalue weighted by Gasteiger charge is -2.24. The van der Waals surface area contributed by atoms with Crippen molar-refractivity contribution in [2.24, 2.45) is 10.8 Å². The molecule has 88 valence electrons. The second-order valence-electron chi connectivity index (χ2n) is 5.59. The van der Waals surface area contributed by atoms with E-state index >= 15 is 0 Å². The van der Waals surface area contributed by atoms with Gasteiger partial charge in [-0.2, -0.15) is 0 Å². The van der Waals surface area contributed by atoms with Gasteiger partial charge in [0.25, 0.3) is 0 Å². The highest BCUT2D eigenvalue weighted by Crippen LogP contribution is 2.23. The Kier molecular flexibility index (Phi) is 4.65. The number of methoxy groups -OCH3 is 1. The van der Waals surface area contributed by atoms with Crippen molar-refractivity contribution in [2.75, 3.05) is 13.7 Å². The van der Waals surface area contributed by atoms with Crippen molar-refractivity contribution in [3.05, 3.63) is 0 Å². The van der Waals surface area contributed by atoms with Crippen molar-refractivity contribution in [1.29, 1.82) is 0 Å². The molecule has 15 heavy (non-hydrogen) atoms. The maximum absolute atomic E-state index is 11.8. The first kappa shape index (κ1) is 14.3. The average molecular weight is 214 g/mol. The van der Waals surface area contributed by atoms with E-state index in [1.54, 1.807) is 21.0 Å². The van der Waals surface area contributed by atoms with Crippen LogP contribution in [0.15, 0.2) is 0 Å². The van der Waals surface area contributed by atoms with Crippen LogP contribution in [0, 0.1) is 10.8 Å². The molecule has 0 aromatic rings. The van der Waals surface area contributed by atoms with Gasteiger partial charge >= 0.3 is 0 Å². The minimum Gasteiger partial charge on any atom is -0.384 e. The monoisotopic (exact) mass is 214 g/mol. The molecule has 0 unspecified atom stereocenters. The predicted octanol–water partition coefficient (Wildman–Crippen LogP) is 2.23. The maximum atomic E-state index is 11.8. The normalized spacial score (nSPS) is 12.7. The molecule has 0 saturated heterocycles. The lowest BCUT2D eigenvalue weighted by molar-refractivity contribution is -0.137. The molecule has 0 aliphatic rings. The van der Waals surface area contributed by atoms with E-state index in [-0.39, 0.29) is 18.0 Å². The second kappa shape index (κ2) is 4.88. The summed E-state index contributed by atoms with van der Waals surface area (Å²) in [7, 11) is 1.56. The summed E-state index contributed by atoms with van der Waals surface area (Å²) in [6, 6.07) is 0. The molecular formula is C12H22O3. The van der Waals surface area contributed by atoms with Gasteiger partial charge in [-0.3, -0.25) is 9.59 Å². The van der Waals surface area contributed by atoms with Crippen molar-refractivity contribution in [2.45, 2.75) is 41.0 Å². The van der Waals surface area contributed by atoms with Crippen LogP contribution in [-0.2, 0) is 14.3 Å². The first-order chi connectivity index (χ1) is 6.61. The molecule has 0 aromatic carbocycles. The Bertz CT molecular complexity index is 246. The highest BCUT2D eigenvalue weighted by molar-refractivity contribution is 6.03. The molecule has 0 aliphatic carbocycles. The molecule has 0 aromatic heterocycles. The fraction of sp³-hybridized carbons (Fsp3) is 0.833. The summed E-state index contributed by atoms with van der Waals surface area (Å²) < 4.78 is 4.96. The molecule has 0 rings (SSSR count). The Morgan fingerprint density at radius 3 is 1.80 bits per heavy atom. The summed E-state index contributed by atoms with van der Waals surface area (Å²) >= 11 is 0. The van der Waals surface area contributed by atoms with Crippen molar-refractivity contribution < 1.29 is 14.3 Å². The van der Waals surface area contributed by atoms with E-state index in [2.05, 4.69) is 0 Å². The van der Waals surface area contributed by atoms with Crippen LogP contribution in [-0.4, -0.2) is 25.3 Å². The third-order valence-corrected chi connectivity index (χ3v) is 2.42. The lowest BCUT2D eigenvalue weighted by atomic mass is 9.81. The van der Waals surface area contributed by atoms with Gasteiger partial charge < -0.3 is 4.74 Å². The summed E-state index contributed by atoms with van der Waals surface area (Å²) in [4.78, 5) is 23.5. The Hall–Kier alpha value is -0.700. The van der Waals surface area contributed by atoms with Crippen LogP contribution in [0.5, 0.6) is 0 Å². The first-order valence-corrected chi connectivity index (χ1v) is 5.17. The number of Topliss-reactive ketones (excluding diaryl/α,β-unsaturated/α-hetero) is 2. The number of rotatable bonds is 5. The van der Waals surface area contributed by atoms with Gasteiger partial charge in [-0.25, -0.2) is 0 Å². The summed E-state index contributed by atoms with van der Waals surface area (Å²) in [6.45, 7) is 9.43. The Morgan fingerprint density at radius 2 is 1.47 bits per heavy atom. The minimum atomic E-state index is -0.574. The largest absolute Gasteiger partial charge is 0.384 e. The highest BCUT2D eigenvalue weighted by atomic mass is 16.5. The van der Waals surface area contributed by atoms with Crippen molar-refractivity contribution >= 4 is 11.6 Å². The summed E-state index contributed by atoms with van der Waals surface area (Å²) in [6.07, 6.45) is -0.000139. The van der Waals surface area contributed by atoms with Crippen LogP contribution in [0.4, 0.5) is 0 Å². The number of carbonyl (C=O) groups is 2. The van der Waals surface area contributed by atoms with Gasteiger partial charge in [-0.05, 0) is 0 Å². The maximum Gasteiger partial charge on any atom is 0.148 e. The number of carbonyl (C=O) groups excluding carboxylic acids is 2. The fourth-order valence-corrected chi connectivity index (χ4v) is 1.09. The molecule has 0 N–H and O–H groups in total. The van der Waals surface area contributed by atoms with Gasteiger partial charge in [-0.1, -0.05) is 34.6 Å². The third-order valence-electron chi connectivity index (χ3n) is 2.42. The Labute approximate surface area is 92.2 Å². The molecule has 0 saturated carbocycles. The zero-order valence-corrected chi connectivity index (χ0v) is 10.6. The van der Waals surface area contributed by atoms with E-state index in [9.17, 15) is 9.59 Å². The van der Waals surface area contributed by atoms with Crippen LogP contribution in [0.3, 0.4) is 0 Å². The first-order valence-electron chi connectivity index (χ1n) is 5.17. The van der Waals surface area contributed by atoms with Crippen molar-refractivity contribution in [1.82, 2.24) is 0 Å². The summed E-state index contributed by atoms with van der Waals surface area (Å²) in [5, 5.41) is 0. The molecule has 0 amide bonds. The van der Waals surface area contributed by atoms with E-state index in [0.29, 0.717) is 6.61 Å². The van der Waals surface area contributed by atoms with Gasteiger partial charge in [0.05, 0.1) is 13.0 Å². The molecular weight excluding hydrogens is 192 g/mol. The Balaban J connectivity index is 4.44. The van der Waals surface area contributed by atoms with Crippen LogP contribution in [0.1, 0.15) is 41.0 Å². The van der Waals surface area contributed by atoms with Gasteiger partial charge in [0.1, 0.15) is 11.6 Å². The van der Waals surface area contributed by atoms with Gasteiger partial charge in [0, 0.05) is 17.9 Å². The predicted molar refractivity (Wildman–Crippen MR) is 59.7 cm³/mol. The molecule has 0 atom stereocenters. The van der Waals surface area contributed by atoms with E-state index in [4.69, 9.17) is 4.74 Å². The van der Waals surface area contributed by atoms with Gasteiger partial charge in [0.2, 0.25) is 0 Å². The molecule has 0 radical (unpaired) electrons. The smallest absolute Gasteiger partial charge is 0.148 e. The molecule has 3 nitrogen and oxygen atoms in total. The van der Waals surface area contributed by atoms with Gasteiger partial charge in [0.15, 0.2) is 0 Å². The van der Waals surface area contributed by atoms with Gasteiger partial charge in [-0.15, -0.1) is 0 Å². The van der Waals surface area contributed by atoms with E-state index in [1.165, 1.54) is 0 Å². The highest BCUT2D eigenvalue weighted by Gasteiger charge is 2.32. The zero-order valence-electron chi connectivity index (χ0n) is 10.6. The molecule has 0 spiro atoms. The zero-order chi connectivity index (χ0) is 12.3. The molecule has 3 heteroatoms. The van der Waals surface area contributed by atoms with Crippen LogP contribution in [0.2, 0.25) is 0 Å². The van der Waals surface area contributed by atoms with Crippen LogP contribution in [0.25, 0.3) is 0 Å². The van der Waals surface area contributed by atoms with Crippen molar-refractivity contribution in [3.63, 3.8) is 0 Å². The number of hydrogen-bond acceptors (Lipinski definition) is 3. The quantitative estimate of drug-likeness (QED) is 0.659. The summed E-state index contributed by atoms with van der Waals surface area (Å²) in [5.74, 6) is -0.0686. The average Bonchev–Trinajstić information content (AvgIpc) is 2.01. The lowest BCUT2D eigenvalue weighted by Crippen LogP contribution is -2.33. The van der Waals surface area contributed by atoms with E-state index < -0.39 is 10.8 Å². The number of ether oxygens (including phenoxy) is 1.